The molecule has 3 aromatic heterocycles. The predicted molar refractivity (Wildman–Crippen MR) is 106 cm³/mol. The molecule has 0 spiro atoms. The van der Waals surface area contributed by atoms with Gasteiger partial charge in [-0.3, -0.25) is 4.68 Å². The summed E-state index contributed by atoms with van der Waals surface area (Å²) < 4.78 is 8.85. The number of fused-ring (bicyclic) bond motifs is 1. The average Bonchev–Trinajstić information content (AvgIpc) is 3.21. The molecule has 0 saturated carbocycles. The molecule has 0 radical (unpaired) electrons. The third-order valence-corrected chi connectivity index (χ3v) is 4.74. The molecule has 29 heavy (non-hydrogen) atoms. The molecule has 0 atom stereocenters. The second-order valence-electron chi connectivity index (χ2n) is 8.20. The number of ether oxygens (including phenoxy) is 1. The van der Waals surface area contributed by atoms with Gasteiger partial charge in [-0.05, 0) is 32.9 Å². The van der Waals surface area contributed by atoms with Crippen LogP contribution in [0.2, 0.25) is 0 Å². The lowest BCUT2D eigenvalue weighted by Crippen LogP contribution is -2.66. The number of nitrogens with two attached hydrogens (primary N) is 1. The van der Waals surface area contributed by atoms with E-state index in [1.165, 1.54) is 0 Å². The highest BCUT2D eigenvalue weighted by atomic mass is 16.6. The van der Waals surface area contributed by atoms with Crippen molar-refractivity contribution in [3.05, 3.63) is 42.0 Å². The number of hydrogen-bond donors (Lipinski definition) is 1. The number of likely N-dealkylation sites (tertiary alicyclic amines) is 1. The van der Waals surface area contributed by atoms with E-state index in [1.807, 2.05) is 45.2 Å². The lowest BCUT2D eigenvalue weighted by atomic mass is 9.90. The Hall–Kier alpha value is -3.61. The number of carbonyl (C=O) groups is 1. The summed E-state index contributed by atoms with van der Waals surface area (Å²) in [5.41, 5.74) is 6.84. The summed E-state index contributed by atoms with van der Waals surface area (Å²) in [4.78, 5) is 21.7. The lowest BCUT2D eigenvalue weighted by molar-refractivity contribution is -0.0273. The van der Waals surface area contributed by atoms with Crippen LogP contribution in [0.15, 0.2) is 30.6 Å². The van der Waals surface area contributed by atoms with Crippen molar-refractivity contribution in [2.24, 2.45) is 0 Å². The van der Waals surface area contributed by atoms with E-state index in [0.717, 1.165) is 11.3 Å². The van der Waals surface area contributed by atoms with Crippen molar-refractivity contribution in [1.82, 2.24) is 29.3 Å². The van der Waals surface area contributed by atoms with Crippen molar-refractivity contribution in [2.45, 2.75) is 31.9 Å². The summed E-state index contributed by atoms with van der Waals surface area (Å²) in [6.07, 6.45) is 3.20. The largest absolute Gasteiger partial charge is 0.444 e. The van der Waals surface area contributed by atoms with Crippen LogP contribution in [0.25, 0.3) is 21.7 Å². The van der Waals surface area contributed by atoms with Crippen LogP contribution in [-0.2, 0) is 10.3 Å². The summed E-state index contributed by atoms with van der Waals surface area (Å²) in [6.45, 7) is 13.8. The van der Waals surface area contributed by atoms with Gasteiger partial charge in [-0.15, -0.1) is 5.10 Å². The van der Waals surface area contributed by atoms with Crippen molar-refractivity contribution in [3.63, 3.8) is 0 Å². The van der Waals surface area contributed by atoms with Crippen LogP contribution < -0.4 is 5.73 Å². The van der Waals surface area contributed by atoms with E-state index in [2.05, 4.69) is 20.0 Å². The van der Waals surface area contributed by atoms with Crippen molar-refractivity contribution in [2.75, 3.05) is 25.4 Å². The van der Waals surface area contributed by atoms with E-state index in [0.29, 0.717) is 18.7 Å². The second kappa shape index (κ2) is 6.48. The highest BCUT2D eigenvalue weighted by molar-refractivity contribution is 5.70. The van der Waals surface area contributed by atoms with Crippen molar-refractivity contribution in [3.8, 4) is 11.3 Å². The zero-order chi connectivity index (χ0) is 20.8. The van der Waals surface area contributed by atoms with Gasteiger partial charge in [-0.1, -0.05) is 6.07 Å². The van der Waals surface area contributed by atoms with Crippen LogP contribution in [0.5, 0.6) is 0 Å². The average molecular weight is 394 g/mol. The number of rotatable bonds is 3. The first-order chi connectivity index (χ1) is 13.7. The fraction of sp³-hybridized carbons (Fsp3) is 0.421. The topological polar surface area (TPSA) is 108 Å². The Morgan fingerprint density at radius 1 is 1.38 bits per heavy atom. The van der Waals surface area contributed by atoms with Crippen molar-refractivity contribution >= 4 is 17.7 Å². The minimum Gasteiger partial charge on any atom is -0.444 e. The molecule has 1 aliphatic rings. The van der Waals surface area contributed by atoms with Gasteiger partial charge in [-0.2, -0.15) is 10.1 Å². The molecule has 1 fully saturated rings. The standard InChI is InChI=1S/C19H22N8O2/c1-18(2,3)29-17(28)25-11-19(12-25,10-21-4)26-9-13(8-22-26)14-6-5-7-15-23-16(20)24-27(14)15/h5-9H,10-12H2,1-3H3,(H2,20,24). The Kier molecular flexibility index (Phi) is 4.19. The van der Waals surface area contributed by atoms with Gasteiger partial charge in [0.05, 0.1) is 25.0 Å². The fourth-order valence-corrected chi connectivity index (χ4v) is 3.44. The maximum atomic E-state index is 12.3. The number of nitrogen functional groups attached to an aromatic ring is 1. The van der Waals surface area contributed by atoms with E-state index >= 15 is 0 Å². The maximum absolute atomic E-state index is 12.3. The first kappa shape index (κ1) is 18.7. The fourth-order valence-electron chi connectivity index (χ4n) is 3.44. The first-order valence-corrected chi connectivity index (χ1v) is 9.19. The Morgan fingerprint density at radius 3 is 2.83 bits per heavy atom. The zero-order valence-corrected chi connectivity index (χ0v) is 16.5. The number of pyridine rings is 1. The van der Waals surface area contributed by atoms with Gasteiger partial charge in [0, 0.05) is 11.8 Å². The van der Waals surface area contributed by atoms with E-state index in [4.69, 9.17) is 17.0 Å². The van der Waals surface area contributed by atoms with Gasteiger partial charge in [0.2, 0.25) is 12.5 Å². The summed E-state index contributed by atoms with van der Waals surface area (Å²) in [5.74, 6) is 0.196. The van der Waals surface area contributed by atoms with Gasteiger partial charge >= 0.3 is 6.09 Å². The molecule has 4 rings (SSSR count). The molecule has 150 valence electrons. The normalized spacial score (nSPS) is 15.7. The SMILES string of the molecule is [C-]#[N+]CC1(n2cc(-c3cccc4nc(N)nn34)cn2)CN(C(=O)OC(C)(C)C)C1. The second-order valence-corrected chi connectivity index (χ2v) is 8.20. The number of amides is 1. The molecule has 10 nitrogen and oxygen atoms in total. The molecule has 0 aromatic carbocycles. The van der Waals surface area contributed by atoms with E-state index in [1.54, 1.807) is 20.3 Å². The Labute approximate surface area is 167 Å². The minimum absolute atomic E-state index is 0.196. The Morgan fingerprint density at radius 2 is 2.14 bits per heavy atom. The van der Waals surface area contributed by atoms with Gasteiger partial charge < -0.3 is 20.2 Å². The quantitative estimate of drug-likeness (QED) is 0.681. The van der Waals surface area contributed by atoms with Gasteiger partial charge in [-0.25, -0.2) is 15.9 Å². The summed E-state index contributed by atoms with van der Waals surface area (Å²) >= 11 is 0. The number of aromatic nitrogens is 5. The molecule has 0 aliphatic carbocycles. The zero-order valence-electron chi connectivity index (χ0n) is 16.5. The lowest BCUT2D eigenvalue weighted by Gasteiger charge is -2.46. The molecular weight excluding hydrogens is 372 g/mol. The molecule has 10 heteroatoms. The first-order valence-electron chi connectivity index (χ1n) is 9.19. The van der Waals surface area contributed by atoms with Crippen molar-refractivity contribution in [1.29, 1.82) is 0 Å². The maximum Gasteiger partial charge on any atom is 0.410 e. The number of nitrogens with zero attached hydrogens (tertiary/aromatic N) is 7. The van der Waals surface area contributed by atoms with Crippen LogP contribution in [0.3, 0.4) is 0 Å². The minimum atomic E-state index is -0.577. The monoisotopic (exact) mass is 394 g/mol. The van der Waals surface area contributed by atoms with Crippen LogP contribution in [0.1, 0.15) is 20.8 Å². The third kappa shape index (κ3) is 3.35. The summed E-state index contributed by atoms with van der Waals surface area (Å²) in [6, 6.07) is 5.60. The smallest absolute Gasteiger partial charge is 0.410 e. The Balaban J connectivity index is 1.60. The van der Waals surface area contributed by atoms with E-state index in [-0.39, 0.29) is 18.6 Å². The number of hydrogen-bond acceptors (Lipinski definition) is 6. The van der Waals surface area contributed by atoms with E-state index < -0.39 is 11.1 Å². The van der Waals surface area contributed by atoms with Crippen molar-refractivity contribution < 1.29 is 9.53 Å². The molecule has 1 saturated heterocycles. The van der Waals surface area contributed by atoms with Crippen LogP contribution in [0, 0.1) is 6.57 Å². The molecule has 4 heterocycles. The van der Waals surface area contributed by atoms with Crippen LogP contribution in [-0.4, -0.2) is 60.6 Å². The highest BCUT2D eigenvalue weighted by Crippen LogP contribution is 2.32. The number of anilines is 1. The van der Waals surface area contributed by atoms with Gasteiger partial charge in [0.15, 0.2) is 11.2 Å². The molecular formula is C19H22N8O2. The molecule has 0 unspecified atom stereocenters. The number of carbonyl (C=O) groups excluding carboxylic acids is 1. The third-order valence-electron chi connectivity index (χ3n) is 4.74. The van der Waals surface area contributed by atoms with E-state index in [9.17, 15) is 4.79 Å². The molecule has 1 aliphatic heterocycles. The van der Waals surface area contributed by atoms with Gasteiger partial charge in [0.25, 0.3) is 0 Å². The summed E-state index contributed by atoms with van der Waals surface area (Å²) in [7, 11) is 0. The molecule has 1 amide bonds. The summed E-state index contributed by atoms with van der Waals surface area (Å²) in [5, 5.41) is 8.72. The van der Waals surface area contributed by atoms with Crippen LogP contribution >= 0.6 is 0 Å². The predicted octanol–water partition coefficient (Wildman–Crippen LogP) is 2.04. The van der Waals surface area contributed by atoms with Gasteiger partial charge in [0.1, 0.15) is 5.60 Å². The Bertz CT molecular complexity index is 1110. The van der Waals surface area contributed by atoms with Crippen LogP contribution in [0.4, 0.5) is 10.7 Å². The molecule has 2 N–H and O–H groups in total. The molecule has 3 aromatic rings. The molecule has 0 bridgehead atoms. The highest BCUT2D eigenvalue weighted by Gasteiger charge is 2.51.